The normalized spacial score (nSPS) is 10.3. The van der Waals surface area contributed by atoms with E-state index in [-0.39, 0.29) is 12.5 Å². The molecule has 0 aliphatic heterocycles. The van der Waals surface area contributed by atoms with Crippen LogP contribution in [0.3, 0.4) is 0 Å². The largest absolute Gasteiger partial charge is 0.496 e. The van der Waals surface area contributed by atoms with Crippen molar-refractivity contribution in [3.05, 3.63) is 46.1 Å². The summed E-state index contributed by atoms with van der Waals surface area (Å²) in [6.07, 6.45) is 2.46. The van der Waals surface area contributed by atoms with Crippen LogP contribution in [0.1, 0.15) is 28.9 Å². The van der Waals surface area contributed by atoms with Crippen molar-refractivity contribution in [3.8, 4) is 5.75 Å². The van der Waals surface area contributed by atoms with E-state index in [4.69, 9.17) is 9.15 Å². The number of benzene rings is 1. The van der Waals surface area contributed by atoms with Gasteiger partial charge < -0.3 is 14.5 Å². The minimum Gasteiger partial charge on any atom is -0.496 e. The van der Waals surface area contributed by atoms with E-state index in [2.05, 4.69) is 26.2 Å². The maximum absolute atomic E-state index is 12.0. The van der Waals surface area contributed by atoms with Gasteiger partial charge in [-0.25, -0.2) is 4.98 Å². The Bertz CT molecular complexity index is 610. The quantitative estimate of drug-likeness (QED) is 0.910. The van der Waals surface area contributed by atoms with Gasteiger partial charge in [-0.15, -0.1) is 0 Å². The number of nitrogens with one attached hydrogen (secondary N) is 1. The highest BCUT2D eigenvalue weighted by Gasteiger charge is 2.10. The maximum atomic E-state index is 12.0. The summed E-state index contributed by atoms with van der Waals surface area (Å²) in [5.41, 5.74) is 0.542. The highest BCUT2D eigenvalue weighted by molar-refractivity contribution is 9.10. The van der Waals surface area contributed by atoms with Gasteiger partial charge in [-0.2, -0.15) is 0 Å². The number of halogens is 1. The molecule has 1 amide bonds. The standard InChI is InChI=1S/C14H15BrN2O3/c1-3-10-7-16-13(20-10)8-17-14(18)9-4-5-12(19-2)11(15)6-9/h4-7H,3,8H2,1-2H3,(H,17,18). The number of methoxy groups -OCH3 is 1. The van der Waals surface area contributed by atoms with Gasteiger partial charge in [0.25, 0.3) is 5.91 Å². The molecule has 0 saturated carbocycles. The van der Waals surface area contributed by atoms with E-state index < -0.39 is 0 Å². The van der Waals surface area contributed by atoms with Gasteiger partial charge in [0.15, 0.2) is 0 Å². The summed E-state index contributed by atoms with van der Waals surface area (Å²) in [5.74, 6) is 1.80. The minimum absolute atomic E-state index is 0.190. The van der Waals surface area contributed by atoms with Crippen molar-refractivity contribution in [2.75, 3.05) is 7.11 Å². The van der Waals surface area contributed by atoms with Crippen molar-refractivity contribution >= 4 is 21.8 Å². The topological polar surface area (TPSA) is 64.4 Å². The van der Waals surface area contributed by atoms with E-state index in [0.717, 1.165) is 16.7 Å². The average Bonchev–Trinajstić information content (AvgIpc) is 2.92. The van der Waals surface area contributed by atoms with Crippen LogP contribution in [0.25, 0.3) is 0 Å². The van der Waals surface area contributed by atoms with Gasteiger partial charge in [0.2, 0.25) is 5.89 Å². The molecule has 106 valence electrons. The van der Waals surface area contributed by atoms with Gasteiger partial charge in [-0.1, -0.05) is 6.92 Å². The first kappa shape index (κ1) is 14.6. The number of oxazole rings is 1. The first-order chi connectivity index (χ1) is 9.63. The summed E-state index contributed by atoms with van der Waals surface area (Å²) in [6.45, 7) is 2.25. The second-order valence-electron chi connectivity index (χ2n) is 4.11. The zero-order valence-electron chi connectivity index (χ0n) is 11.3. The first-order valence-electron chi connectivity index (χ1n) is 6.19. The Hall–Kier alpha value is -1.82. The monoisotopic (exact) mass is 338 g/mol. The average molecular weight is 339 g/mol. The first-order valence-corrected chi connectivity index (χ1v) is 6.98. The van der Waals surface area contributed by atoms with Crippen molar-refractivity contribution < 1.29 is 13.9 Å². The van der Waals surface area contributed by atoms with Crippen LogP contribution >= 0.6 is 15.9 Å². The predicted octanol–water partition coefficient (Wildman–Crippen LogP) is 2.94. The van der Waals surface area contributed by atoms with Crippen LogP contribution in [0, 0.1) is 0 Å². The molecule has 0 fully saturated rings. The van der Waals surface area contributed by atoms with Crippen LogP contribution in [0.15, 0.2) is 33.3 Å². The Labute approximate surface area is 125 Å². The molecule has 1 N–H and O–H groups in total. The second-order valence-corrected chi connectivity index (χ2v) is 4.96. The zero-order valence-corrected chi connectivity index (χ0v) is 12.9. The van der Waals surface area contributed by atoms with E-state index >= 15 is 0 Å². The summed E-state index contributed by atoms with van der Waals surface area (Å²) < 4.78 is 11.3. The Kier molecular flexibility index (Phi) is 4.79. The molecule has 6 heteroatoms. The van der Waals surface area contributed by atoms with E-state index in [1.165, 1.54) is 0 Å². The Morgan fingerprint density at radius 2 is 2.30 bits per heavy atom. The third kappa shape index (κ3) is 3.39. The number of carbonyl (C=O) groups is 1. The fraction of sp³-hybridized carbons (Fsp3) is 0.286. The summed E-state index contributed by atoms with van der Waals surface area (Å²) in [6, 6.07) is 5.15. The number of hydrogen-bond acceptors (Lipinski definition) is 4. The van der Waals surface area contributed by atoms with Crippen LogP contribution in [0.2, 0.25) is 0 Å². The Morgan fingerprint density at radius 3 is 2.90 bits per heavy atom. The number of rotatable bonds is 5. The number of amides is 1. The lowest BCUT2D eigenvalue weighted by Crippen LogP contribution is -2.22. The van der Waals surface area contributed by atoms with E-state index in [9.17, 15) is 4.79 Å². The lowest BCUT2D eigenvalue weighted by Gasteiger charge is -2.06. The van der Waals surface area contributed by atoms with Gasteiger partial charge in [-0.05, 0) is 34.1 Å². The number of hydrogen-bond donors (Lipinski definition) is 1. The molecule has 1 aromatic heterocycles. The number of aromatic nitrogens is 1. The van der Waals surface area contributed by atoms with Crippen molar-refractivity contribution in [1.82, 2.24) is 10.3 Å². The lowest BCUT2D eigenvalue weighted by atomic mass is 10.2. The molecule has 2 aromatic rings. The van der Waals surface area contributed by atoms with Crippen molar-refractivity contribution in [2.45, 2.75) is 19.9 Å². The van der Waals surface area contributed by atoms with Crippen LogP contribution in [-0.4, -0.2) is 18.0 Å². The van der Waals surface area contributed by atoms with Gasteiger partial charge in [0, 0.05) is 12.0 Å². The van der Waals surface area contributed by atoms with E-state index in [1.54, 1.807) is 31.5 Å². The molecule has 0 aliphatic carbocycles. The summed E-state index contributed by atoms with van der Waals surface area (Å²) in [4.78, 5) is 16.1. The van der Waals surface area contributed by atoms with Gasteiger partial charge in [0.05, 0.1) is 24.3 Å². The SMILES string of the molecule is CCc1cnc(CNC(=O)c2ccc(OC)c(Br)c2)o1. The van der Waals surface area contributed by atoms with Crippen LogP contribution in [0.4, 0.5) is 0 Å². The van der Waals surface area contributed by atoms with E-state index in [1.807, 2.05) is 6.92 Å². The summed E-state index contributed by atoms with van der Waals surface area (Å²) in [5, 5.41) is 2.76. The van der Waals surface area contributed by atoms with Crippen LogP contribution < -0.4 is 10.1 Å². The molecule has 0 bridgehead atoms. The molecule has 0 aliphatic rings. The number of ether oxygens (including phenoxy) is 1. The number of nitrogens with zero attached hydrogens (tertiary/aromatic N) is 1. The highest BCUT2D eigenvalue weighted by Crippen LogP contribution is 2.25. The molecule has 0 saturated heterocycles. The molecule has 0 spiro atoms. The molecule has 5 nitrogen and oxygen atoms in total. The molecule has 20 heavy (non-hydrogen) atoms. The zero-order chi connectivity index (χ0) is 14.5. The number of carbonyl (C=O) groups excluding carboxylic acids is 1. The van der Waals surface area contributed by atoms with Crippen molar-refractivity contribution in [3.63, 3.8) is 0 Å². The van der Waals surface area contributed by atoms with E-state index in [0.29, 0.717) is 17.2 Å². The summed E-state index contributed by atoms with van der Waals surface area (Å²) in [7, 11) is 1.58. The Balaban J connectivity index is 1.99. The van der Waals surface area contributed by atoms with Gasteiger partial charge in [0.1, 0.15) is 11.5 Å². The molecule has 0 radical (unpaired) electrons. The molecular weight excluding hydrogens is 324 g/mol. The van der Waals surface area contributed by atoms with Crippen molar-refractivity contribution in [2.24, 2.45) is 0 Å². The van der Waals surface area contributed by atoms with Crippen molar-refractivity contribution in [1.29, 1.82) is 0 Å². The third-order valence-corrected chi connectivity index (χ3v) is 3.38. The lowest BCUT2D eigenvalue weighted by molar-refractivity contribution is 0.0947. The smallest absolute Gasteiger partial charge is 0.251 e. The summed E-state index contributed by atoms with van der Waals surface area (Å²) >= 11 is 3.35. The molecule has 2 rings (SSSR count). The maximum Gasteiger partial charge on any atom is 0.251 e. The highest BCUT2D eigenvalue weighted by atomic mass is 79.9. The molecule has 0 unspecified atom stereocenters. The predicted molar refractivity (Wildman–Crippen MR) is 77.7 cm³/mol. The second kappa shape index (κ2) is 6.56. The molecule has 1 heterocycles. The fourth-order valence-corrected chi connectivity index (χ4v) is 2.20. The van der Waals surface area contributed by atoms with Gasteiger partial charge >= 0.3 is 0 Å². The fourth-order valence-electron chi connectivity index (χ4n) is 1.66. The molecular formula is C14H15BrN2O3. The minimum atomic E-state index is -0.190. The van der Waals surface area contributed by atoms with Gasteiger partial charge in [-0.3, -0.25) is 4.79 Å². The third-order valence-electron chi connectivity index (χ3n) is 2.76. The van der Waals surface area contributed by atoms with Crippen LogP contribution in [-0.2, 0) is 13.0 Å². The Morgan fingerprint density at radius 1 is 1.50 bits per heavy atom. The number of aryl methyl sites for hydroxylation is 1. The molecule has 1 aromatic carbocycles. The van der Waals surface area contributed by atoms with Crippen LogP contribution in [0.5, 0.6) is 5.75 Å². The molecule has 0 atom stereocenters.